The average Bonchev–Trinajstić information content (AvgIpc) is 2.65. The van der Waals surface area contributed by atoms with Gasteiger partial charge in [-0.25, -0.2) is 0 Å². The summed E-state index contributed by atoms with van der Waals surface area (Å²) < 4.78 is 0. The molecule has 0 aromatic rings. The summed E-state index contributed by atoms with van der Waals surface area (Å²) in [5, 5.41) is 0. The Morgan fingerprint density at radius 3 is 2.41 bits per heavy atom. The molecule has 17 heavy (non-hydrogen) atoms. The first-order chi connectivity index (χ1) is 8.28. The Labute approximate surface area is 104 Å². The fourth-order valence-electron chi connectivity index (χ4n) is 3.07. The third-order valence-electron chi connectivity index (χ3n) is 4.25. The molecule has 0 unspecified atom stereocenters. The maximum absolute atomic E-state index is 12.7. The van der Waals surface area contributed by atoms with E-state index in [1.54, 1.807) is 0 Å². The summed E-state index contributed by atoms with van der Waals surface area (Å²) in [6.07, 6.45) is 12.1. The maximum atomic E-state index is 12.7. The summed E-state index contributed by atoms with van der Waals surface area (Å²) in [7, 11) is 0. The molecule has 0 radical (unpaired) electrons. The molecule has 0 bridgehead atoms. The number of hydrogen-bond acceptors (Lipinski definition) is 2. The van der Waals surface area contributed by atoms with Gasteiger partial charge < -0.3 is 10.6 Å². The highest BCUT2D eigenvalue weighted by Crippen LogP contribution is 2.36. The molecule has 1 saturated carbocycles. The molecule has 0 saturated heterocycles. The van der Waals surface area contributed by atoms with Gasteiger partial charge in [0.15, 0.2) is 0 Å². The third-order valence-corrected chi connectivity index (χ3v) is 4.25. The van der Waals surface area contributed by atoms with Crippen molar-refractivity contribution in [1.29, 1.82) is 0 Å². The van der Waals surface area contributed by atoms with Gasteiger partial charge in [-0.2, -0.15) is 0 Å². The minimum Gasteiger partial charge on any atom is -0.338 e. The lowest BCUT2D eigenvalue weighted by Gasteiger charge is -2.36. The first kappa shape index (κ1) is 12.6. The summed E-state index contributed by atoms with van der Waals surface area (Å²) in [4.78, 5) is 14.7. The van der Waals surface area contributed by atoms with Gasteiger partial charge >= 0.3 is 0 Å². The van der Waals surface area contributed by atoms with Gasteiger partial charge in [0.2, 0.25) is 5.91 Å². The van der Waals surface area contributed by atoms with E-state index in [1.165, 1.54) is 12.8 Å². The van der Waals surface area contributed by atoms with Crippen molar-refractivity contribution in [1.82, 2.24) is 4.90 Å². The summed E-state index contributed by atoms with van der Waals surface area (Å²) in [5.74, 6) is 0.311. The molecule has 1 fully saturated rings. The molecule has 0 aromatic carbocycles. The number of nitrogens with zero attached hydrogens (tertiary/aromatic N) is 1. The van der Waals surface area contributed by atoms with Crippen molar-refractivity contribution >= 4 is 5.91 Å². The second kappa shape index (κ2) is 5.67. The van der Waals surface area contributed by atoms with Crippen LogP contribution in [0.2, 0.25) is 0 Å². The van der Waals surface area contributed by atoms with E-state index < -0.39 is 0 Å². The Morgan fingerprint density at radius 2 is 1.88 bits per heavy atom. The molecule has 2 rings (SSSR count). The fourth-order valence-corrected chi connectivity index (χ4v) is 3.07. The molecular formula is C14H24N2O. The van der Waals surface area contributed by atoms with Crippen LogP contribution in [0.1, 0.15) is 44.9 Å². The van der Waals surface area contributed by atoms with E-state index in [1.807, 2.05) is 4.90 Å². The first-order valence-corrected chi connectivity index (χ1v) is 6.93. The van der Waals surface area contributed by atoms with Crippen LogP contribution in [-0.4, -0.2) is 30.4 Å². The molecule has 0 atom stereocenters. The van der Waals surface area contributed by atoms with Crippen LogP contribution in [0.3, 0.4) is 0 Å². The number of nitrogens with two attached hydrogens (primary N) is 1. The van der Waals surface area contributed by atoms with E-state index in [2.05, 4.69) is 12.2 Å². The number of carbonyl (C=O) groups is 1. The van der Waals surface area contributed by atoms with Crippen LogP contribution in [0.15, 0.2) is 12.2 Å². The van der Waals surface area contributed by atoms with Gasteiger partial charge in [0.05, 0.1) is 5.41 Å². The van der Waals surface area contributed by atoms with Crippen molar-refractivity contribution in [3.8, 4) is 0 Å². The Balaban J connectivity index is 2.09. The van der Waals surface area contributed by atoms with Gasteiger partial charge in [-0.3, -0.25) is 4.79 Å². The van der Waals surface area contributed by atoms with Crippen molar-refractivity contribution in [3.05, 3.63) is 12.2 Å². The smallest absolute Gasteiger partial charge is 0.230 e. The quantitative estimate of drug-likeness (QED) is 0.589. The fraction of sp³-hybridized carbons (Fsp3) is 0.786. The van der Waals surface area contributed by atoms with Crippen LogP contribution < -0.4 is 5.73 Å². The van der Waals surface area contributed by atoms with Gasteiger partial charge in [-0.15, -0.1) is 0 Å². The molecule has 2 aliphatic rings. The number of hydrogen-bond donors (Lipinski definition) is 1. The molecule has 3 nitrogen and oxygen atoms in total. The van der Waals surface area contributed by atoms with Gasteiger partial charge in [-0.05, 0) is 19.3 Å². The lowest BCUT2D eigenvalue weighted by atomic mass is 9.79. The summed E-state index contributed by atoms with van der Waals surface area (Å²) >= 11 is 0. The molecule has 0 spiro atoms. The van der Waals surface area contributed by atoms with E-state index in [0.717, 1.165) is 45.2 Å². The monoisotopic (exact) mass is 236 g/mol. The normalized spacial score (nSPS) is 24.4. The molecule has 0 aromatic heterocycles. The van der Waals surface area contributed by atoms with Crippen molar-refractivity contribution in [2.75, 3.05) is 19.6 Å². The first-order valence-electron chi connectivity index (χ1n) is 6.93. The highest BCUT2D eigenvalue weighted by Gasteiger charge is 2.39. The molecule has 3 heteroatoms. The molecule has 96 valence electrons. The molecular weight excluding hydrogens is 212 g/mol. The standard InChI is InChI=1S/C14H24N2O/c15-12-14(8-4-1-2-5-9-14)13(17)16-10-6-3-7-11-16/h3,6H,1-2,4-5,7-12,15H2. The van der Waals surface area contributed by atoms with Crippen LogP contribution in [0, 0.1) is 5.41 Å². The number of carbonyl (C=O) groups excluding carboxylic acids is 1. The summed E-state index contributed by atoms with van der Waals surface area (Å²) in [6.45, 7) is 2.17. The lowest BCUT2D eigenvalue weighted by Crippen LogP contribution is -2.48. The lowest BCUT2D eigenvalue weighted by molar-refractivity contribution is -0.142. The van der Waals surface area contributed by atoms with Crippen LogP contribution in [0.25, 0.3) is 0 Å². The Kier molecular flexibility index (Phi) is 4.21. The zero-order valence-corrected chi connectivity index (χ0v) is 10.7. The molecule has 1 heterocycles. The van der Waals surface area contributed by atoms with E-state index in [0.29, 0.717) is 12.5 Å². The topological polar surface area (TPSA) is 46.3 Å². The largest absolute Gasteiger partial charge is 0.338 e. The van der Waals surface area contributed by atoms with Gasteiger partial charge in [0.1, 0.15) is 0 Å². The van der Waals surface area contributed by atoms with Crippen LogP contribution in [-0.2, 0) is 4.79 Å². The third kappa shape index (κ3) is 2.71. The van der Waals surface area contributed by atoms with E-state index in [4.69, 9.17) is 5.73 Å². The Hall–Kier alpha value is -0.830. The predicted molar refractivity (Wildman–Crippen MR) is 69.5 cm³/mol. The zero-order chi connectivity index (χ0) is 12.1. The molecule has 2 N–H and O–H groups in total. The second-order valence-corrected chi connectivity index (χ2v) is 5.41. The zero-order valence-electron chi connectivity index (χ0n) is 10.7. The molecule has 1 amide bonds. The SMILES string of the molecule is NCC1(C(=O)N2CC=CCC2)CCCCCC1. The number of rotatable bonds is 2. The van der Waals surface area contributed by atoms with Crippen LogP contribution in [0.5, 0.6) is 0 Å². The van der Waals surface area contributed by atoms with Crippen molar-refractivity contribution in [2.24, 2.45) is 11.1 Å². The van der Waals surface area contributed by atoms with Gasteiger partial charge in [0.25, 0.3) is 0 Å². The highest BCUT2D eigenvalue weighted by molar-refractivity contribution is 5.83. The summed E-state index contributed by atoms with van der Waals surface area (Å²) in [6, 6.07) is 0. The second-order valence-electron chi connectivity index (χ2n) is 5.41. The van der Waals surface area contributed by atoms with Gasteiger partial charge in [0, 0.05) is 19.6 Å². The Bertz CT molecular complexity index is 291. The van der Waals surface area contributed by atoms with Gasteiger partial charge in [-0.1, -0.05) is 37.8 Å². The predicted octanol–water partition coefficient (Wildman–Crippen LogP) is 2.07. The van der Waals surface area contributed by atoms with Crippen molar-refractivity contribution < 1.29 is 4.79 Å². The molecule has 1 aliphatic carbocycles. The number of amides is 1. The molecule has 1 aliphatic heterocycles. The Morgan fingerprint density at radius 1 is 1.18 bits per heavy atom. The van der Waals surface area contributed by atoms with E-state index in [-0.39, 0.29) is 5.41 Å². The van der Waals surface area contributed by atoms with Crippen LogP contribution >= 0.6 is 0 Å². The van der Waals surface area contributed by atoms with Crippen molar-refractivity contribution in [3.63, 3.8) is 0 Å². The highest BCUT2D eigenvalue weighted by atomic mass is 16.2. The minimum atomic E-state index is -0.248. The minimum absolute atomic E-state index is 0.248. The van der Waals surface area contributed by atoms with E-state index in [9.17, 15) is 4.79 Å². The van der Waals surface area contributed by atoms with E-state index >= 15 is 0 Å². The average molecular weight is 236 g/mol. The summed E-state index contributed by atoms with van der Waals surface area (Å²) in [5.41, 5.74) is 5.70. The van der Waals surface area contributed by atoms with Crippen LogP contribution in [0.4, 0.5) is 0 Å². The van der Waals surface area contributed by atoms with Crippen molar-refractivity contribution in [2.45, 2.75) is 44.9 Å². The maximum Gasteiger partial charge on any atom is 0.230 e.